The van der Waals surface area contributed by atoms with Crippen LogP contribution in [-0.4, -0.2) is 22.4 Å². The number of hydrogen-bond donors (Lipinski definition) is 0. The largest absolute Gasteiger partial charge is 4.00 e. The van der Waals surface area contributed by atoms with Crippen molar-refractivity contribution in [1.82, 2.24) is 0 Å². The molecule has 7 heteroatoms. The van der Waals surface area contributed by atoms with Gasteiger partial charge in [0.2, 0.25) is 0 Å². The monoisotopic (exact) mass is 172 g/mol. The number of rotatable bonds is 0. The Morgan fingerprint density at radius 1 is 1.29 bits per heavy atom. The predicted octanol–water partition coefficient (Wildman–Crippen LogP) is -3.62. The van der Waals surface area contributed by atoms with E-state index in [9.17, 15) is 0 Å². The molecule has 0 atom stereocenters. The van der Waals surface area contributed by atoms with Crippen molar-refractivity contribution in [2.45, 2.75) is 0 Å². The summed E-state index contributed by atoms with van der Waals surface area (Å²) in [5, 5.41) is 14.8. The van der Waals surface area contributed by atoms with E-state index >= 15 is 0 Å². The molecule has 0 aliphatic carbocycles. The summed E-state index contributed by atoms with van der Waals surface area (Å²) in [6.07, 6.45) is 0. The molecule has 0 rings (SSSR count). The van der Waals surface area contributed by atoms with E-state index in [0.717, 1.165) is 0 Å². The second-order valence-electron chi connectivity index (χ2n) is 0.224. The van der Waals surface area contributed by atoms with Gasteiger partial charge >= 0.3 is 39.1 Å². The van der Waals surface area contributed by atoms with Gasteiger partial charge in [0.15, 0.2) is 0 Å². The Hall–Kier alpha value is 0.737. The average Bonchev–Trinajstić information content (AvgIpc) is 0.811. The van der Waals surface area contributed by atoms with Crippen molar-refractivity contribution in [2.75, 3.05) is 0 Å². The zero-order valence-corrected chi connectivity index (χ0v) is 6.60. The SMILES string of the molecule is O=[N+]([O-])[O-].[Al+3].[Cl-].[Ti+4]. The number of halogens is 1. The van der Waals surface area contributed by atoms with E-state index < -0.39 is 5.09 Å². The fourth-order valence-electron chi connectivity index (χ4n) is 0. The van der Waals surface area contributed by atoms with Crippen LogP contribution in [0, 0.1) is 15.3 Å². The minimum Gasteiger partial charge on any atom is -1.00 e. The molecule has 0 aliphatic rings. The van der Waals surface area contributed by atoms with E-state index in [1.807, 2.05) is 0 Å². The van der Waals surface area contributed by atoms with Gasteiger partial charge in [0.1, 0.15) is 0 Å². The molecule has 32 valence electrons. The Morgan fingerprint density at radius 2 is 1.29 bits per heavy atom. The van der Waals surface area contributed by atoms with Crippen LogP contribution in [0.4, 0.5) is 0 Å². The molecule has 0 unspecified atom stereocenters. The maximum Gasteiger partial charge on any atom is 4.00 e. The first-order chi connectivity index (χ1) is 1.73. The maximum atomic E-state index is 8.25. The molecule has 4 nitrogen and oxygen atoms in total. The van der Waals surface area contributed by atoms with Crippen molar-refractivity contribution < 1.29 is 39.2 Å². The summed E-state index contributed by atoms with van der Waals surface area (Å²) >= 11 is 0. The van der Waals surface area contributed by atoms with Crippen LogP contribution < -0.4 is 12.4 Å². The van der Waals surface area contributed by atoms with E-state index in [1.54, 1.807) is 0 Å². The van der Waals surface area contributed by atoms with Crippen molar-refractivity contribution in [3.63, 3.8) is 0 Å². The molecular weight excluding hydrogens is 172 g/mol. The van der Waals surface area contributed by atoms with Gasteiger partial charge in [-0.15, -0.1) is 0 Å². The van der Waals surface area contributed by atoms with Gasteiger partial charge in [-0.05, 0) is 0 Å². The molecule has 0 bridgehead atoms. The quantitative estimate of drug-likeness (QED) is 0.215. The smallest absolute Gasteiger partial charge is 1.00 e. The Balaban J connectivity index is -0.0000000150. The zero-order chi connectivity index (χ0) is 3.58. The van der Waals surface area contributed by atoms with Crippen molar-refractivity contribution in [1.29, 1.82) is 0 Å². The van der Waals surface area contributed by atoms with Gasteiger partial charge in [0.25, 0.3) is 0 Å². The maximum absolute atomic E-state index is 8.25. The first-order valence-corrected chi connectivity index (χ1v) is 0.548. The molecule has 0 spiro atoms. The minimum absolute atomic E-state index is 0. The number of nitrogens with zero attached hydrogens (tertiary/aromatic N) is 1. The topological polar surface area (TPSA) is 66.2 Å². The summed E-state index contributed by atoms with van der Waals surface area (Å²) in [6, 6.07) is 0. The summed E-state index contributed by atoms with van der Waals surface area (Å²) in [4.78, 5) is 8.25. The molecule has 0 saturated carbocycles. The molecule has 0 heterocycles. The third-order valence-corrected chi connectivity index (χ3v) is 0. The van der Waals surface area contributed by atoms with Crippen LogP contribution in [0.25, 0.3) is 0 Å². The van der Waals surface area contributed by atoms with Gasteiger partial charge in [-0.1, -0.05) is 0 Å². The molecular formula is AlClNO3Ti+5. The molecule has 0 aromatic heterocycles. The van der Waals surface area contributed by atoms with E-state index in [2.05, 4.69) is 0 Å². The normalized spacial score (nSPS) is 3.43. The molecule has 0 N–H and O–H groups in total. The minimum atomic E-state index is -1.75. The molecule has 0 saturated heterocycles. The molecule has 0 aromatic rings. The van der Waals surface area contributed by atoms with Gasteiger partial charge in [-0.3, -0.25) is 0 Å². The Morgan fingerprint density at radius 3 is 1.29 bits per heavy atom. The zero-order valence-electron chi connectivity index (χ0n) is 3.13. The average molecular weight is 172 g/mol. The second-order valence-corrected chi connectivity index (χ2v) is 0.224. The van der Waals surface area contributed by atoms with Crippen LogP contribution in [0.5, 0.6) is 0 Å². The molecule has 0 aromatic carbocycles. The molecule has 0 fully saturated rings. The fourth-order valence-corrected chi connectivity index (χ4v) is 0. The molecule has 7 heavy (non-hydrogen) atoms. The van der Waals surface area contributed by atoms with Crippen molar-refractivity contribution in [2.24, 2.45) is 0 Å². The first kappa shape index (κ1) is 25.1. The van der Waals surface area contributed by atoms with E-state index in [-0.39, 0.29) is 51.5 Å². The van der Waals surface area contributed by atoms with Gasteiger partial charge in [0.05, 0.1) is 5.09 Å². The van der Waals surface area contributed by atoms with Gasteiger partial charge in [-0.2, -0.15) is 0 Å². The van der Waals surface area contributed by atoms with Crippen molar-refractivity contribution >= 4 is 17.4 Å². The standard InChI is InChI=1S/Al.ClH.NO3.Ti/c;;2-1(3)4;/h;1H;;/q+3;;-1;+4/p-1. The van der Waals surface area contributed by atoms with Gasteiger partial charge < -0.3 is 27.7 Å². The van der Waals surface area contributed by atoms with E-state index in [1.165, 1.54) is 0 Å². The summed E-state index contributed by atoms with van der Waals surface area (Å²) in [6.45, 7) is 0. The van der Waals surface area contributed by atoms with Crippen LogP contribution in [0.2, 0.25) is 0 Å². The summed E-state index contributed by atoms with van der Waals surface area (Å²) in [7, 11) is 0. The molecule has 0 amide bonds. The third kappa shape index (κ3) is 278. The predicted molar refractivity (Wildman–Crippen MR) is 16.1 cm³/mol. The Bertz CT molecular complexity index is 37.9. The van der Waals surface area contributed by atoms with E-state index in [4.69, 9.17) is 15.3 Å². The summed E-state index contributed by atoms with van der Waals surface area (Å²) in [5.74, 6) is 0. The Labute approximate surface area is 71.8 Å². The third-order valence-electron chi connectivity index (χ3n) is 0. The Kier molecular flexibility index (Phi) is 57.0. The van der Waals surface area contributed by atoms with Crippen LogP contribution in [0.1, 0.15) is 0 Å². The van der Waals surface area contributed by atoms with Crippen LogP contribution in [0.15, 0.2) is 0 Å². The summed E-state index contributed by atoms with van der Waals surface area (Å²) in [5.41, 5.74) is 0. The van der Waals surface area contributed by atoms with Crippen LogP contribution >= 0.6 is 0 Å². The van der Waals surface area contributed by atoms with Crippen LogP contribution in [0.3, 0.4) is 0 Å². The van der Waals surface area contributed by atoms with Crippen LogP contribution in [-0.2, 0) is 21.7 Å². The van der Waals surface area contributed by atoms with Crippen molar-refractivity contribution in [3.05, 3.63) is 15.3 Å². The summed E-state index contributed by atoms with van der Waals surface area (Å²) < 4.78 is 0. The van der Waals surface area contributed by atoms with Crippen molar-refractivity contribution in [3.8, 4) is 0 Å². The van der Waals surface area contributed by atoms with E-state index in [0.29, 0.717) is 0 Å². The second kappa shape index (κ2) is 15.9. The van der Waals surface area contributed by atoms with Gasteiger partial charge in [-0.25, -0.2) is 0 Å². The number of hydrogen-bond acceptors (Lipinski definition) is 3. The molecule has 0 radical (unpaired) electrons. The fraction of sp³-hybridized carbons (Fsp3) is 0. The molecule has 0 aliphatic heterocycles. The first-order valence-electron chi connectivity index (χ1n) is 0.548. The van der Waals surface area contributed by atoms with Gasteiger partial charge in [0, 0.05) is 0 Å².